The molecule has 0 radical (unpaired) electrons. The SMILES string of the molecule is COc1cc(C=NNC(=O)C(=O)Nc2ccc(C)cc2C)cc(Br)c1OCc1ccccc1F. The quantitative estimate of drug-likeness (QED) is 0.260. The first-order valence-electron chi connectivity index (χ1n) is 10.2. The van der Waals surface area contributed by atoms with Crippen LogP contribution in [0.25, 0.3) is 0 Å². The van der Waals surface area contributed by atoms with Crippen molar-refractivity contribution in [1.82, 2.24) is 5.43 Å². The molecule has 0 heterocycles. The van der Waals surface area contributed by atoms with E-state index >= 15 is 0 Å². The fourth-order valence-electron chi connectivity index (χ4n) is 3.07. The molecule has 3 aromatic rings. The summed E-state index contributed by atoms with van der Waals surface area (Å²) in [6, 6.07) is 15.1. The van der Waals surface area contributed by atoms with Crippen molar-refractivity contribution < 1.29 is 23.5 Å². The molecule has 3 aromatic carbocycles. The summed E-state index contributed by atoms with van der Waals surface area (Å²) in [5.41, 5.74) is 5.62. The van der Waals surface area contributed by atoms with Crippen molar-refractivity contribution in [2.75, 3.05) is 12.4 Å². The van der Waals surface area contributed by atoms with Gasteiger partial charge in [0.05, 0.1) is 17.8 Å². The Morgan fingerprint density at radius 3 is 2.56 bits per heavy atom. The molecule has 0 spiro atoms. The summed E-state index contributed by atoms with van der Waals surface area (Å²) in [4.78, 5) is 24.2. The number of halogens is 2. The Labute approximate surface area is 205 Å². The van der Waals surface area contributed by atoms with Crippen molar-refractivity contribution in [3.8, 4) is 11.5 Å². The zero-order valence-electron chi connectivity index (χ0n) is 18.8. The van der Waals surface area contributed by atoms with Gasteiger partial charge >= 0.3 is 11.8 Å². The number of nitrogens with zero attached hydrogens (tertiary/aromatic N) is 1. The van der Waals surface area contributed by atoms with Crippen LogP contribution in [0.1, 0.15) is 22.3 Å². The fourth-order valence-corrected chi connectivity index (χ4v) is 3.64. The highest BCUT2D eigenvalue weighted by molar-refractivity contribution is 9.10. The van der Waals surface area contributed by atoms with Gasteiger partial charge < -0.3 is 14.8 Å². The third-order valence-corrected chi connectivity index (χ3v) is 5.39. The highest BCUT2D eigenvalue weighted by Crippen LogP contribution is 2.37. The zero-order valence-corrected chi connectivity index (χ0v) is 20.4. The molecule has 0 unspecified atom stereocenters. The van der Waals surface area contributed by atoms with Gasteiger partial charge in [0.25, 0.3) is 0 Å². The lowest BCUT2D eigenvalue weighted by Gasteiger charge is -2.14. The number of methoxy groups -OCH3 is 1. The lowest BCUT2D eigenvalue weighted by molar-refractivity contribution is -0.136. The third kappa shape index (κ3) is 6.41. The minimum Gasteiger partial charge on any atom is -0.493 e. The minimum atomic E-state index is -0.910. The lowest BCUT2D eigenvalue weighted by Crippen LogP contribution is -2.32. The second kappa shape index (κ2) is 11.4. The van der Waals surface area contributed by atoms with Gasteiger partial charge in [0, 0.05) is 11.3 Å². The summed E-state index contributed by atoms with van der Waals surface area (Å²) in [5, 5.41) is 6.40. The number of rotatable bonds is 7. The summed E-state index contributed by atoms with van der Waals surface area (Å²) < 4.78 is 25.5. The summed E-state index contributed by atoms with van der Waals surface area (Å²) in [6.07, 6.45) is 1.36. The lowest BCUT2D eigenvalue weighted by atomic mass is 10.1. The van der Waals surface area contributed by atoms with Crippen molar-refractivity contribution >= 4 is 39.6 Å². The molecule has 0 atom stereocenters. The number of hydrogen-bond acceptors (Lipinski definition) is 5. The standard InChI is InChI=1S/C25H23BrFN3O4/c1-15-8-9-21(16(2)10-15)29-24(31)25(32)30-28-13-17-11-19(26)23(22(12-17)33-3)34-14-18-6-4-5-7-20(18)27/h4-13H,14H2,1-3H3,(H,29,31)(H,30,32). The predicted molar refractivity (Wildman–Crippen MR) is 132 cm³/mol. The van der Waals surface area contributed by atoms with E-state index in [1.807, 2.05) is 26.0 Å². The van der Waals surface area contributed by atoms with Gasteiger partial charge in [-0.05, 0) is 65.2 Å². The van der Waals surface area contributed by atoms with Gasteiger partial charge in [-0.3, -0.25) is 9.59 Å². The van der Waals surface area contributed by atoms with E-state index in [0.29, 0.717) is 32.8 Å². The van der Waals surface area contributed by atoms with E-state index in [9.17, 15) is 14.0 Å². The molecule has 3 rings (SSSR count). The van der Waals surface area contributed by atoms with Gasteiger partial charge in [-0.25, -0.2) is 9.82 Å². The van der Waals surface area contributed by atoms with Crippen LogP contribution in [-0.4, -0.2) is 25.1 Å². The minimum absolute atomic E-state index is 0.0146. The molecule has 0 bridgehead atoms. The van der Waals surface area contributed by atoms with Crippen LogP contribution in [-0.2, 0) is 16.2 Å². The number of hydrazone groups is 1. The van der Waals surface area contributed by atoms with Crippen molar-refractivity contribution in [2.45, 2.75) is 20.5 Å². The summed E-state index contributed by atoms with van der Waals surface area (Å²) >= 11 is 3.41. The Morgan fingerprint density at radius 2 is 1.85 bits per heavy atom. The van der Waals surface area contributed by atoms with Gasteiger partial charge in [0.2, 0.25) is 0 Å². The number of carbonyl (C=O) groups excluding carboxylic acids is 2. The van der Waals surface area contributed by atoms with Gasteiger partial charge in [0.15, 0.2) is 11.5 Å². The topological polar surface area (TPSA) is 89.0 Å². The maximum absolute atomic E-state index is 13.9. The molecule has 0 aliphatic rings. The van der Waals surface area contributed by atoms with Crippen molar-refractivity contribution in [3.05, 3.63) is 87.1 Å². The van der Waals surface area contributed by atoms with E-state index in [2.05, 4.69) is 31.8 Å². The second-order valence-electron chi connectivity index (χ2n) is 7.39. The largest absolute Gasteiger partial charge is 0.493 e. The summed E-state index contributed by atoms with van der Waals surface area (Å²) in [5.74, 6) is -1.34. The fraction of sp³-hybridized carbons (Fsp3) is 0.160. The maximum atomic E-state index is 13.9. The van der Waals surface area contributed by atoms with Crippen molar-refractivity contribution in [1.29, 1.82) is 0 Å². The van der Waals surface area contributed by atoms with Crippen molar-refractivity contribution in [3.63, 3.8) is 0 Å². The Bertz CT molecular complexity index is 1250. The number of aryl methyl sites for hydroxylation is 2. The molecule has 0 aromatic heterocycles. The molecular formula is C25H23BrFN3O4. The smallest absolute Gasteiger partial charge is 0.329 e. The van der Waals surface area contributed by atoms with Crippen LogP contribution in [0, 0.1) is 19.7 Å². The zero-order chi connectivity index (χ0) is 24.7. The normalized spacial score (nSPS) is 10.7. The molecular weight excluding hydrogens is 505 g/mol. The number of carbonyl (C=O) groups is 2. The average molecular weight is 528 g/mol. The Morgan fingerprint density at radius 1 is 1.09 bits per heavy atom. The molecule has 0 saturated heterocycles. The third-order valence-electron chi connectivity index (χ3n) is 4.80. The molecule has 0 fully saturated rings. The molecule has 9 heteroatoms. The number of ether oxygens (including phenoxy) is 2. The molecule has 176 valence electrons. The molecule has 34 heavy (non-hydrogen) atoms. The Kier molecular flexibility index (Phi) is 8.37. The first kappa shape index (κ1) is 24.9. The number of anilines is 1. The van der Waals surface area contributed by atoms with Gasteiger partial charge in [-0.1, -0.05) is 35.9 Å². The Balaban J connectivity index is 1.63. The van der Waals surface area contributed by atoms with Crippen LogP contribution in [0.2, 0.25) is 0 Å². The highest BCUT2D eigenvalue weighted by atomic mass is 79.9. The van der Waals surface area contributed by atoms with Crippen LogP contribution in [0.4, 0.5) is 10.1 Å². The van der Waals surface area contributed by atoms with Crippen LogP contribution in [0.5, 0.6) is 11.5 Å². The van der Waals surface area contributed by atoms with E-state index in [0.717, 1.165) is 11.1 Å². The maximum Gasteiger partial charge on any atom is 0.329 e. The van der Waals surface area contributed by atoms with Crippen LogP contribution < -0.4 is 20.2 Å². The first-order chi connectivity index (χ1) is 16.3. The number of hydrogen-bond donors (Lipinski definition) is 2. The van der Waals surface area contributed by atoms with E-state index in [1.165, 1.54) is 19.4 Å². The predicted octanol–water partition coefficient (Wildman–Crippen LogP) is 4.88. The van der Waals surface area contributed by atoms with Gasteiger partial charge in [-0.2, -0.15) is 5.10 Å². The molecule has 2 amide bonds. The molecule has 0 aliphatic heterocycles. The summed E-state index contributed by atoms with van der Waals surface area (Å²) in [6.45, 7) is 3.80. The van der Waals surface area contributed by atoms with E-state index in [-0.39, 0.29) is 12.4 Å². The molecule has 7 nitrogen and oxygen atoms in total. The van der Waals surface area contributed by atoms with E-state index in [1.54, 1.807) is 36.4 Å². The Hall–Kier alpha value is -3.72. The average Bonchev–Trinajstić information content (AvgIpc) is 2.80. The molecule has 0 aliphatic carbocycles. The van der Waals surface area contributed by atoms with Crippen molar-refractivity contribution in [2.24, 2.45) is 5.10 Å². The molecule has 2 N–H and O–H groups in total. The summed E-state index contributed by atoms with van der Waals surface area (Å²) in [7, 11) is 1.47. The highest BCUT2D eigenvalue weighted by Gasteiger charge is 2.15. The molecule has 0 saturated carbocycles. The van der Waals surface area contributed by atoms with Crippen LogP contribution in [0.3, 0.4) is 0 Å². The second-order valence-corrected chi connectivity index (χ2v) is 8.24. The monoisotopic (exact) mass is 527 g/mol. The number of amides is 2. The number of nitrogens with one attached hydrogen (secondary N) is 2. The first-order valence-corrected chi connectivity index (χ1v) is 11.0. The van der Waals surface area contributed by atoms with Gasteiger partial charge in [0.1, 0.15) is 12.4 Å². The van der Waals surface area contributed by atoms with Crippen LogP contribution >= 0.6 is 15.9 Å². The van der Waals surface area contributed by atoms with Crippen LogP contribution in [0.15, 0.2) is 64.2 Å². The van der Waals surface area contributed by atoms with Gasteiger partial charge in [-0.15, -0.1) is 0 Å². The number of benzene rings is 3. The van der Waals surface area contributed by atoms with E-state index < -0.39 is 11.8 Å². The van der Waals surface area contributed by atoms with E-state index in [4.69, 9.17) is 9.47 Å².